The Bertz CT molecular complexity index is 1280. The van der Waals surface area contributed by atoms with Crippen molar-refractivity contribution in [2.75, 3.05) is 12.3 Å². The summed E-state index contributed by atoms with van der Waals surface area (Å²) in [6.45, 7) is 0.664. The van der Waals surface area contributed by atoms with E-state index >= 15 is 0 Å². The summed E-state index contributed by atoms with van der Waals surface area (Å²) in [6, 6.07) is 9.33. The number of carboxylic acids is 1. The third kappa shape index (κ3) is 4.34. The van der Waals surface area contributed by atoms with Crippen molar-refractivity contribution in [1.29, 1.82) is 0 Å². The van der Waals surface area contributed by atoms with Gasteiger partial charge in [-0.25, -0.2) is 9.59 Å². The molecule has 1 heterocycles. The number of fused-ring (bicyclic) bond motifs is 3. The Morgan fingerprint density at radius 3 is 2.56 bits per heavy atom. The van der Waals surface area contributed by atoms with Gasteiger partial charge >= 0.3 is 18.1 Å². The Hall–Kier alpha value is -3.86. The van der Waals surface area contributed by atoms with Gasteiger partial charge in [0.1, 0.15) is 11.4 Å². The second kappa shape index (κ2) is 8.82. The minimum Gasteiger partial charge on any atom is -0.477 e. The van der Waals surface area contributed by atoms with E-state index < -0.39 is 18.1 Å². The van der Waals surface area contributed by atoms with E-state index in [1.165, 1.54) is 10.7 Å². The van der Waals surface area contributed by atoms with Gasteiger partial charge in [0.05, 0.1) is 5.69 Å². The smallest absolute Gasteiger partial charge is 0.477 e. The van der Waals surface area contributed by atoms with Crippen LogP contribution in [0, 0.1) is 0 Å². The lowest BCUT2D eigenvalue weighted by Gasteiger charge is -2.20. The summed E-state index contributed by atoms with van der Waals surface area (Å²) >= 11 is 0. The van der Waals surface area contributed by atoms with Crippen molar-refractivity contribution in [2.45, 2.75) is 32.0 Å². The molecule has 1 aromatic heterocycles. The SMILES string of the molecule is NCCCn1nc2c(c1C(=O)O)CCc1cc(OC(=O)C(F)(F)F)c(-c3cccc(N)c3)cc1-2. The highest BCUT2D eigenvalue weighted by Gasteiger charge is 2.42. The highest BCUT2D eigenvalue weighted by atomic mass is 19.4. The first-order valence-electron chi connectivity index (χ1n) is 10.5. The number of ether oxygens (including phenoxy) is 1. The largest absolute Gasteiger partial charge is 0.491 e. The molecule has 11 heteroatoms. The molecule has 0 unspecified atom stereocenters. The van der Waals surface area contributed by atoms with Crippen LogP contribution in [0.2, 0.25) is 0 Å². The van der Waals surface area contributed by atoms with Gasteiger partial charge in [0.2, 0.25) is 0 Å². The summed E-state index contributed by atoms with van der Waals surface area (Å²) in [5.41, 5.74) is 14.6. The Balaban J connectivity index is 1.90. The predicted molar refractivity (Wildman–Crippen MR) is 117 cm³/mol. The molecular weight excluding hydrogens is 453 g/mol. The zero-order chi connectivity index (χ0) is 24.6. The van der Waals surface area contributed by atoms with Crippen LogP contribution in [0.15, 0.2) is 36.4 Å². The van der Waals surface area contributed by atoms with Crippen molar-refractivity contribution < 1.29 is 32.6 Å². The molecule has 5 N–H and O–H groups in total. The lowest BCUT2D eigenvalue weighted by Crippen LogP contribution is -2.28. The van der Waals surface area contributed by atoms with Crippen LogP contribution in [0.1, 0.15) is 28.0 Å². The van der Waals surface area contributed by atoms with E-state index in [1.807, 2.05) is 0 Å². The minimum absolute atomic E-state index is 0.0622. The van der Waals surface area contributed by atoms with Crippen LogP contribution in [-0.4, -0.2) is 39.5 Å². The molecule has 4 rings (SSSR count). The molecule has 0 amide bonds. The molecule has 2 aromatic carbocycles. The van der Waals surface area contributed by atoms with E-state index in [4.69, 9.17) is 16.2 Å². The number of nitrogens with zero attached hydrogens (tertiary/aromatic N) is 2. The van der Waals surface area contributed by atoms with Gasteiger partial charge in [0.25, 0.3) is 0 Å². The molecule has 8 nitrogen and oxygen atoms in total. The Morgan fingerprint density at radius 2 is 1.91 bits per heavy atom. The third-order valence-electron chi connectivity index (χ3n) is 5.56. The number of carbonyl (C=O) groups is 2. The van der Waals surface area contributed by atoms with Gasteiger partial charge in [-0.05, 0) is 61.2 Å². The monoisotopic (exact) mass is 474 g/mol. The summed E-state index contributed by atoms with van der Waals surface area (Å²) in [7, 11) is 0. The molecule has 0 bridgehead atoms. The molecule has 1 aliphatic carbocycles. The highest BCUT2D eigenvalue weighted by molar-refractivity contribution is 5.92. The van der Waals surface area contributed by atoms with E-state index in [2.05, 4.69) is 5.10 Å². The summed E-state index contributed by atoms with van der Waals surface area (Å²) < 4.78 is 44.9. The van der Waals surface area contributed by atoms with Crippen molar-refractivity contribution in [3.63, 3.8) is 0 Å². The van der Waals surface area contributed by atoms with Crippen molar-refractivity contribution in [3.05, 3.63) is 53.2 Å². The van der Waals surface area contributed by atoms with Gasteiger partial charge in [-0.3, -0.25) is 4.68 Å². The average Bonchev–Trinajstić information content (AvgIpc) is 3.15. The van der Waals surface area contributed by atoms with E-state index in [0.717, 1.165) is 0 Å². The molecule has 0 aliphatic heterocycles. The van der Waals surface area contributed by atoms with Crippen molar-refractivity contribution in [1.82, 2.24) is 9.78 Å². The summed E-state index contributed by atoms with van der Waals surface area (Å²) in [4.78, 5) is 23.6. The quantitative estimate of drug-likeness (QED) is 0.283. The van der Waals surface area contributed by atoms with Crippen LogP contribution in [-0.2, 0) is 24.2 Å². The lowest BCUT2D eigenvalue weighted by molar-refractivity contribution is -0.189. The van der Waals surface area contributed by atoms with Crippen molar-refractivity contribution in [2.24, 2.45) is 5.73 Å². The maximum absolute atomic E-state index is 12.9. The molecule has 1 aliphatic rings. The molecule has 0 radical (unpaired) electrons. The maximum atomic E-state index is 12.9. The number of aromatic carboxylic acids is 1. The number of aryl methyl sites for hydroxylation is 2. The summed E-state index contributed by atoms with van der Waals surface area (Å²) in [5, 5.41) is 14.3. The van der Waals surface area contributed by atoms with Gasteiger partial charge in [-0.1, -0.05) is 12.1 Å². The van der Waals surface area contributed by atoms with Crippen LogP contribution in [0.3, 0.4) is 0 Å². The maximum Gasteiger partial charge on any atom is 0.491 e. The number of esters is 1. The Kier molecular flexibility index (Phi) is 6.05. The van der Waals surface area contributed by atoms with Gasteiger partial charge in [0.15, 0.2) is 0 Å². The number of hydrogen-bond acceptors (Lipinski definition) is 6. The van der Waals surface area contributed by atoms with E-state index in [0.29, 0.717) is 66.0 Å². The lowest BCUT2D eigenvalue weighted by atomic mass is 9.86. The minimum atomic E-state index is -5.17. The number of halogens is 3. The molecule has 0 atom stereocenters. The van der Waals surface area contributed by atoms with E-state index in [1.54, 1.807) is 30.3 Å². The average molecular weight is 474 g/mol. The van der Waals surface area contributed by atoms with Crippen molar-refractivity contribution in [3.8, 4) is 28.1 Å². The zero-order valence-electron chi connectivity index (χ0n) is 17.9. The molecule has 0 spiro atoms. The first-order valence-corrected chi connectivity index (χ1v) is 10.5. The van der Waals surface area contributed by atoms with Gasteiger partial charge in [0, 0.05) is 28.9 Å². The number of carbonyl (C=O) groups excluding carboxylic acids is 1. The van der Waals surface area contributed by atoms with Crippen LogP contribution in [0.5, 0.6) is 5.75 Å². The fourth-order valence-corrected chi connectivity index (χ4v) is 4.08. The topological polar surface area (TPSA) is 133 Å². The molecule has 178 valence electrons. The normalized spacial score (nSPS) is 12.7. The number of nitrogens with two attached hydrogens (primary N) is 2. The second-order valence-electron chi connectivity index (χ2n) is 7.86. The number of carboxylic acid groups (broad SMARTS) is 1. The first kappa shape index (κ1) is 23.3. The number of hydrogen-bond donors (Lipinski definition) is 3. The van der Waals surface area contributed by atoms with Gasteiger partial charge < -0.3 is 21.3 Å². The molecule has 0 fully saturated rings. The number of alkyl halides is 3. The number of aromatic nitrogens is 2. The van der Waals surface area contributed by atoms with E-state index in [9.17, 15) is 27.9 Å². The van der Waals surface area contributed by atoms with Crippen LogP contribution in [0.4, 0.5) is 18.9 Å². The summed E-state index contributed by atoms with van der Waals surface area (Å²) in [5.74, 6) is -3.73. The van der Waals surface area contributed by atoms with Gasteiger partial charge in [-0.2, -0.15) is 18.3 Å². The molecule has 3 aromatic rings. The molecule has 34 heavy (non-hydrogen) atoms. The van der Waals surface area contributed by atoms with Gasteiger partial charge in [-0.15, -0.1) is 0 Å². The predicted octanol–water partition coefficient (Wildman–Crippen LogP) is 3.41. The summed E-state index contributed by atoms with van der Waals surface area (Å²) in [6.07, 6.45) is -4.00. The number of benzene rings is 2. The van der Waals surface area contributed by atoms with Crippen LogP contribution >= 0.6 is 0 Å². The first-order chi connectivity index (χ1) is 16.1. The molecule has 0 saturated carbocycles. The fourth-order valence-electron chi connectivity index (χ4n) is 4.08. The number of anilines is 1. The van der Waals surface area contributed by atoms with E-state index in [-0.39, 0.29) is 17.0 Å². The zero-order valence-corrected chi connectivity index (χ0v) is 17.9. The Morgan fingerprint density at radius 1 is 1.15 bits per heavy atom. The Labute approximate surface area is 191 Å². The van der Waals surface area contributed by atoms with Crippen molar-refractivity contribution >= 4 is 17.6 Å². The fraction of sp³-hybridized carbons (Fsp3) is 0.261. The second-order valence-corrected chi connectivity index (χ2v) is 7.86. The molecule has 0 saturated heterocycles. The molecular formula is C23H21F3N4O4. The van der Waals surface area contributed by atoms with Crippen LogP contribution in [0.25, 0.3) is 22.4 Å². The third-order valence-corrected chi connectivity index (χ3v) is 5.56. The number of nitrogen functional groups attached to an aromatic ring is 1. The van der Waals surface area contributed by atoms with Crippen LogP contribution < -0.4 is 16.2 Å². The standard InChI is InChI=1S/C23H21F3N4O4/c24-23(25,26)22(33)34-18-10-13-5-6-15-19(29-30(8-2-7-27)20(15)21(31)32)17(13)11-16(18)12-3-1-4-14(28)9-12/h1,3-4,9-11H,2,5-8,27-28H2,(H,31,32). The highest BCUT2D eigenvalue weighted by Crippen LogP contribution is 2.42. The number of rotatable bonds is 6.